The Bertz CT molecular complexity index is 376. The number of alkyl halides is 1. The summed E-state index contributed by atoms with van der Waals surface area (Å²) in [4.78, 5) is 0. The number of halogens is 2. The molecule has 0 aliphatic heterocycles. The predicted molar refractivity (Wildman–Crippen MR) is 72.7 cm³/mol. The van der Waals surface area contributed by atoms with Crippen molar-refractivity contribution < 1.29 is 4.74 Å². The first-order valence-corrected chi connectivity index (χ1v) is 6.88. The molecule has 1 saturated carbocycles. The number of hydrogen-bond donors (Lipinski definition) is 0. The fourth-order valence-corrected chi connectivity index (χ4v) is 2.84. The first-order valence-electron chi connectivity index (χ1n) is 6.06. The van der Waals surface area contributed by atoms with Crippen LogP contribution in [-0.2, 0) is 11.3 Å². The summed E-state index contributed by atoms with van der Waals surface area (Å²) < 4.78 is 5.95. The highest BCUT2D eigenvalue weighted by atomic mass is 35.5. The molecule has 0 bridgehead atoms. The van der Waals surface area contributed by atoms with Gasteiger partial charge in [-0.05, 0) is 30.5 Å². The fraction of sp³-hybridized carbons (Fsp3) is 0.571. The van der Waals surface area contributed by atoms with Gasteiger partial charge >= 0.3 is 0 Å². The normalized spacial score (nSPS) is 32.2. The molecular weight excluding hydrogens is 255 g/mol. The maximum Gasteiger partial charge on any atom is 0.0720 e. The van der Waals surface area contributed by atoms with Gasteiger partial charge in [0.1, 0.15) is 0 Å². The van der Waals surface area contributed by atoms with E-state index in [1.807, 2.05) is 24.3 Å². The topological polar surface area (TPSA) is 9.23 Å². The Balaban J connectivity index is 1.89. The summed E-state index contributed by atoms with van der Waals surface area (Å²) in [6, 6.07) is 7.79. The Labute approximate surface area is 113 Å². The molecule has 0 saturated heterocycles. The van der Waals surface area contributed by atoms with Crippen molar-refractivity contribution in [1.82, 2.24) is 0 Å². The zero-order valence-electron chi connectivity index (χ0n) is 10.2. The smallest absolute Gasteiger partial charge is 0.0720 e. The molecule has 94 valence electrons. The van der Waals surface area contributed by atoms with E-state index in [1.165, 1.54) is 0 Å². The van der Waals surface area contributed by atoms with E-state index in [2.05, 4.69) is 13.8 Å². The summed E-state index contributed by atoms with van der Waals surface area (Å²) in [5.74, 6) is 0. The minimum absolute atomic E-state index is 0.133. The van der Waals surface area contributed by atoms with E-state index in [9.17, 15) is 0 Å². The maximum atomic E-state index is 6.26. The molecule has 1 aliphatic carbocycles. The Kier molecular flexibility index (Phi) is 4.02. The second kappa shape index (κ2) is 5.17. The van der Waals surface area contributed by atoms with E-state index in [1.54, 1.807) is 0 Å². The fourth-order valence-electron chi connectivity index (χ4n) is 2.25. The highest BCUT2D eigenvalue weighted by Crippen LogP contribution is 2.49. The third-order valence-corrected chi connectivity index (χ3v) is 4.93. The van der Waals surface area contributed by atoms with Crippen molar-refractivity contribution in [2.75, 3.05) is 0 Å². The molecule has 1 nitrogen and oxygen atoms in total. The van der Waals surface area contributed by atoms with E-state index in [0.717, 1.165) is 23.4 Å². The molecule has 0 heterocycles. The molecule has 3 heteroatoms. The lowest BCUT2D eigenvalue weighted by molar-refractivity contribution is -0.108. The molecule has 1 fully saturated rings. The van der Waals surface area contributed by atoms with Gasteiger partial charge in [0.05, 0.1) is 12.7 Å². The second-order valence-electron chi connectivity index (χ2n) is 4.99. The van der Waals surface area contributed by atoms with Gasteiger partial charge in [0.2, 0.25) is 0 Å². The zero-order valence-corrected chi connectivity index (χ0v) is 11.8. The third kappa shape index (κ3) is 2.62. The van der Waals surface area contributed by atoms with Crippen molar-refractivity contribution >= 4 is 23.2 Å². The summed E-state index contributed by atoms with van der Waals surface area (Å²) >= 11 is 12.1. The van der Waals surface area contributed by atoms with Crippen LogP contribution in [0.15, 0.2) is 24.3 Å². The Morgan fingerprint density at radius 3 is 2.53 bits per heavy atom. The average Bonchev–Trinajstić information content (AvgIpc) is 2.35. The Morgan fingerprint density at radius 1 is 1.35 bits per heavy atom. The molecular formula is C14H18Cl2O. The Hall–Kier alpha value is -0.240. The average molecular weight is 273 g/mol. The van der Waals surface area contributed by atoms with Crippen molar-refractivity contribution in [3.05, 3.63) is 34.9 Å². The van der Waals surface area contributed by atoms with Crippen LogP contribution in [0.1, 0.15) is 32.3 Å². The molecule has 0 radical (unpaired) electrons. The van der Waals surface area contributed by atoms with Crippen LogP contribution in [-0.4, -0.2) is 11.5 Å². The minimum atomic E-state index is 0.133. The number of ether oxygens (including phenoxy) is 1. The van der Waals surface area contributed by atoms with Gasteiger partial charge in [-0.15, -0.1) is 11.6 Å². The molecule has 0 N–H and O–H groups in total. The summed E-state index contributed by atoms with van der Waals surface area (Å²) in [5, 5.41) is 1.01. The van der Waals surface area contributed by atoms with Crippen LogP contribution in [0.3, 0.4) is 0 Å². The summed E-state index contributed by atoms with van der Waals surface area (Å²) in [6.45, 7) is 5.02. The van der Waals surface area contributed by atoms with E-state index >= 15 is 0 Å². The predicted octanol–water partition coefficient (Wildman–Crippen LogP) is 4.65. The summed E-state index contributed by atoms with van der Waals surface area (Å²) in [6.07, 6.45) is 2.30. The second-order valence-corrected chi connectivity index (χ2v) is 5.95. The van der Waals surface area contributed by atoms with Crippen molar-refractivity contribution in [2.24, 2.45) is 5.41 Å². The molecule has 3 atom stereocenters. The van der Waals surface area contributed by atoms with E-state index in [4.69, 9.17) is 27.9 Å². The van der Waals surface area contributed by atoms with Crippen molar-refractivity contribution in [2.45, 2.75) is 44.8 Å². The van der Waals surface area contributed by atoms with Crippen LogP contribution in [0, 0.1) is 5.41 Å². The lowest BCUT2D eigenvalue weighted by atomic mass is 9.65. The van der Waals surface area contributed by atoms with Crippen LogP contribution in [0.5, 0.6) is 0 Å². The van der Waals surface area contributed by atoms with Gasteiger partial charge in [-0.1, -0.05) is 37.6 Å². The lowest BCUT2D eigenvalue weighted by Crippen LogP contribution is -2.53. The molecule has 2 rings (SSSR count). The van der Waals surface area contributed by atoms with Gasteiger partial charge < -0.3 is 4.74 Å². The first kappa shape index (κ1) is 13.2. The highest BCUT2D eigenvalue weighted by Gasteiger charge is 2.50. The van der Waals surface area contributed by atoms with Gasteiger partial charge in [-0.25, -0.2) is 0 Å². The van der Waals surface area contributed by atoms with Crippen LogP contribution in [0.4, 0.5) is 0 Å². The summed E-state index contributed by atoms with van der Waals surface area (Å²) in [7, 11) is 0. The van der Waals surface area contributed by atoms with Crippen molar-refractivity contribution in [1.29, 1.82) is 0 Å². The number of rotatable bonds is 4. The molecule has 3 unspecified atom stereocenters. The highest BCUT2D eigenvalue weighted by molar-refractivity contribution is 6.30. The van der Waals surface area contributed by atoms with Crippen LogP contribution < -0.4 is 0 Å². The third-order valence-electron chi connectivity index (χ3n) is 4.00. The van der Waals surface area contributed by atoms with E-state index in [-0.39, 0.29) is 16.9 Å². The van der Waals surface area contributed by atoms with Gasteiger partial charge in [0, 0.05) is 15.8 Å². The maximum absolute atomic E-state index is 6.26. The van der Waals surface area contributed by atoms with Crippen LogP contribution in [0.25, 0.3) is 0 Å². The van der Waals surface area contributed by atoms with Crippen molar-refractivity contribution in [3.63, 3.8) is 0 Å². The standard InChI is InChI=1S/C14H18Cl2O/c1-3-14(2)12(16)8-13(14)17-9-10-4-6-11(15)7-5-10/h4-7,12-13H,3,8-9H2,1-2H3. The molecule has 0 aromatic heterocycles. The number of hydrogen-bond acceptors (Lipinski definition) is 1. The van der Waals surface area contributed by atoms with Crippen LogP contribution >= 0.6 is 23.2 Å². The zero-order chi connectivity index (χ0) is 12.5. The van der Waals surface area contributed by atoms with Gasteiger partial charge in [-0.3, -0.25) is 0 Å². The van der Waals surface area contributed by atoms with E-state index < -0.39 is 0 Å². The quantitative estimate of drug-likeness (QED) is 0.725. The van der Waals surface area contributed by atoms with Crippen LogP contribution in [0.2, 0.25) is 5.02 Å². The molecule has 0 amide bonds. The Morgan fingerprint density at radius 2 is 2.00 bits per heavy atom. The molecule has 1 aromatic carbocycles. The van der Waals surface area contributed by atoms with E-state index in [0.29, 0.717) is 6.61 Å². The molecule has 0 spiro atoms. The minimum Gasteiger partial charge on any atom is -0.373 e. The van der Waals surface area contributed by atoms with Gasteiger partial charge in [0.25, 0.3) is 0 Å². The SMILES string of the molecule is CCC1(C)C(Cl)CC1OCc1ccc(Cl)cc1. The summed E-state index contributed by atoms with van der Waals surface area (Å²) in [5.41, 5.74) is 1.29. The number of benzene rings is 1. The molecule has 1 aromatic rings. The first-order chi connectivity index (χ1) is 8.06. The largest absolute Gasteiger partial charge is 0.373 e. The monoisotopic (exact) mass is 272 g/mol. The van der Waals surface area contributed by atoms with Crippen molar-refractivity contribution in [3.8, 4) is 0 Å². The molecule has 1 aliphatic rings. The van der Waals surface area contributed by atoms with Gasteiger partial charge in [-0.2, -0.15) is 0 Å². The molecule has 17 heavy (non-hydrogen) atoms. The lowest BCUT2D eigenvalue weighted by Gasteiger charge is -2.50. The van der Waals surface area contributed by atoms with Gasteiger partial charge in [0.15, 0.2) is 0 Å².